The average Bonchev–Trinajstić information content (AvgIpc) is 2.48. The highest BCUT2D eigenvalue weighted by molar-refractivity contribution is 5.86. The molecule has 0 spiro atoms. The number of anilines is 1. The highest BCUT2D eigenvalue weighted by atomic mass is 16.4. The first-order valence-electron chi connectivity index (χ1n) is 6.09. The summed E-state index contributed by atoms with van der Waals surface area (Å²) < 4.78 is 0. The molecule has 4 nitrogen and oxygen atoms in total. The number of benzene rings is 2. The van der Waals surface area contributed by atoms with Gasteiger partial charge >= 0.3 is 0 Å². The van der Waals surface area contributed by atoms with Crippen LogP contribution in [-0.4, -0.2) is 5.97 Å². The Morgan fingerprint density at radius 1 is 0.950 bits per heavy atom. The third-order valence-corrected chi connectivity index (χ3v) is 2.72. The van der Waals surface area contributed by atoms with Crippen LogP contribution < -0.4 is 15.8 Å². The van der Waals surface area contributed by atoms with Gasteiger partial charge in [-0.3, -0.25) is 0 Å². The lowest BCUT2D eigenvalue weighted by atomic mass is 10.2. The van der Waals surface area contributed by atoms with Crippen LogP contribution in [0.4, 0.5) is 5.69 Å². The summed E-state index contributed by atoms with van der Waals surface area (Å²) in [7, 11) is 0. The first-order chi connectivity index (χ1) is 9.66. The number of aromatic nitrogens is 1. The summed E-state index contributed by atoms with van der Waals surface area (Å²) in [6.07, 6.45) is 1.93. The fraction of sp³-hybridized carbons (Fsp3) is 0. The molecule has 0 amide bonds. The number of carbonyl (C=O) groups excluding carboxylic acids is 1. The number of carboxylic acids is 1. The predicted octanol–water partition coefficient (Wildman–Crippen LogP) is 1.29. The number of pyridine rings is 1. The van der Waals surface area contributed by atoms with E-state index in [1.54, 1.807) is 0 Å². The van der Waals surface area contributed by atoms with Crippen LogP contribution in [-0.2, 0) is 0 Å². The van der Waals surface area contributed by atoms with Gasteiger partial charge in [-0.25, -0.2) is 4.98 Å². The minimum atomic E-state index is -1.18. The van der Waals surface area contributed by atoms with Crippen molar-refractivity contribution in [2.45, 2.75) is 0 Å². The van der Waals surface area contributed by atoms with E-state index in [2.05, 4.69) is 23.2 Å². The van der Waals surface area contributed by atoms with Crippen LogP contribution in [0.2, 0.25) is 0 Å². The maximum atomic E-state index is 10.2. The largest absolute Gasteiger partial charge is 0.545 e. The first-order valence-corrected chi connectivity index (χ1v) is 6.09. The fourth-order valence-corrected chi connectivity index (χ4v) is 1.68. The Hall–Kier alpha value is -2.88. The van der Waals surface area contributed by atoms with E-state index < -0.39 is 5.97 Å². The minimum absolute atomic E-state index is 0.147. The molecule has 1 heterocycles. The second-order valence-corrected chi connectivity index (χ2v) is 4.17. The number of hydrogen-bond donors (Lipinski definition) is 1. The zero-order chi connectivity index (χ0) is 14.4. The van der Waals surface area contributed by atoms with Crippen molar-refractivity contribution in [3.63, 3.8) is 0 Å². The molecule has 4 heteroatoms. The third kappa shape index (κ3) is 3.55. The maximum absolute atomic E-state index is 10.2. The number of carboxylic acid groups (broad SMARTS) is 1. The molecule has 100 valence electrons. The molecule has 3 N–H and O–H groups in total. The summed E-state index contributed by atoms with van der Waals surface area (Å²) in [5, 5.41) is 11.4. The lowest BCUT2D eigenvalue weighted by molar-refractivity contribution is -0.344. The molecular weight excluding hydrogens is 252 g/mol. The number of fused-ring (bicyclic) bond motifs is 1. The number of aromatic carboxylic acids is 1. The number of hydrogen-bond acceptors (Lipinski definition) is 3. The molecule has 3 rings (SSSR count). The predicted molar refractivity (Wildman–Crippen MR) is 75.7 cm³/mol. The van der Waals surface area contributed by atoms with Crippen molar-refractivity contribution in [3.8, 4) is 0 Å². The Labute approximate surface area is 116 Å². The van der Waals surface area contributed by atoms with Crippen LogP contribution >= 0.6 is 0 Å². The summed E-state index contributed by atoms with van der Waals surface area (Å²) >= 11 is 0. The van der Waals surface area contributed by atoms with Crippen LogP contribution in [0.1, 0.15) is 10.4 Å². The topological polar surface area (TPSA) is 80.3 Å². The normalized spacial score (nSPS) is 9.60. The summed E-state index contributed by atoms with van der Waals surface area (Å²) in [6.45, 7) is 0. The van der Waals surface area contributed by atoms with Crippen LogP contribution in [0.25, 0.3) is 10.9 Å². The number of nitrogens with one attached hydrogen (secondary N) is 1. The molecule has 0 saturated heterocycles. The summed E-state index contributed by atoms with van der Waals surface area (Å²) in [6, 6.07) is 18.2. The maximum Gasteiger partial charge on any atom is 0.210 e. The third-order valence-electron chi connectivity index (χ3n) is 2.72. The number of para-hydroxylation sites is 1. The Morgan fingerprint density at radius 3 is 2.25 bits per heavy atom. The highest BCUT2D eigenvalue weighted by Gasteiger charge is 1.93. The molecule has 0 fully saturated rings. The Bertz CT molecular complexity index is 644. The molecule has 0 atom stereocenters. The minimum Gasteiger partial charge on any atom is -0.545 e. The molecule has 20 heavy (non-hydrogen) atoms. The summed E-state index contributed by atoms with van der Waals surface area (Å²) in [5.41, 5.74) is 7.19. The van der Waals surface area contributed by atoms with E-state index in [-0.39, 0.29) is 5.56 Å². The van der Waals surface area contributed by atoms with Gasteiger partial charge in [0.1, 0.15) is 0 Å². The van der Waals surface area contributed by atoms with Crippen LogP contribution in [0, 0.1) is 0 Å². The lowest BCUT2D eigenvalue weighted by Crippen LogP contribution is -2.21. The average molecular weight is 266 g/mol. The molecule has 0 radical (unpaired) electrons. The fourth-order valence-electron chi connectivity index (χ4n) is 1.68. The van der Waals surface area contributed by atoms with Crippen LogP contribution in [0.15, 0.2) is 66.9 Å². The van der Waals surface area contributed by atoms with E-state index in [4.69, 9.17) is 5.73 Å². The van der Waals surface area contributed by atoms with Gasteiger partial charge in [0.05, 0.1) is 5.97 Å². The number of nitrogen functional groups attached to an aromatic ring is 1. The van der Waals surface area contributed by atoms with Crippen LogP contribution in [0.3, 0.4) is 0 Å². The van der Waals surface area contributed by atoms with Gasteiger partial charge in [0.25, 0.3) is 0 Å². The second-order valence-electron chi connectivity index (χ2n) is 4.17. The van der Waals surface area contributed by atoms with Gasteiger partial charge in [-0.2, -0.15) is 0 Å². The second kappa shape index (κ2) is 6.33. The molecule has 0 aliphatic rings. The smallest absolute Gasteiger partial charge is 0.210 e. The Balaban J connectivity index is 0.000000147. The van der Waals surface area contributed by atoms with Gasteiger partial charge < -0.3 is 15.6 Å². The number of aromatic amines is 1. The van der Waals surface area contributed by atoms with E-state index in [1.807, 2.05) is 24.4 Å². The van der Waals surface area contributed by atoms with Gasteiger partial charge in [-0.05, 0) is 29.8 Å². The van der Waals surface area contributed by atoms with Crippen LogP contribution in [0.5, 0.6) is 0 Å². The molecule has 0 saturated carbocycles. The van der Waals surface area contributed by atoms with Gasteiger partial charge in [-0.1, -0.05) is 24.3 Å². The lowest BCUT2D eigenvalue weighted by Gasteiger charge is -2.00. The molecule has 0 unspecified atom stereocenters. The summed E-state index contributed by atoms with van der Waals surface area (Å²) in [4.78, 5) is 13.3. The molecule has 1 aromatic heterocycles. The molecule has 3 aromatic rings. The highest BCUT2D eigenvalue weighted by Crippen LogP contribution is 2.05. The quantitative estimate of drug-likeness (QED) is 0.674. The van der Waals surface area contributed by atoms with Gasteiger partial charge in [0.2, 0.25) is 5.52 Å². The molecule has 0 aliphatic heterocycles. The standard InChI is InChI=1S/C9H7N.C7H7NO2/c1-2-6-9-8(4-1)5-3-7-10-9;8-6-3-1-5(2-4-6)7(9)10/h1-7H;1-4H,8H2,(H,9,10). The zero-order valence-corrected chi connectivity index (χ0v) is 10.7. The van der Waals surface area contributed by atoms with Gasteiger partial charge in [-0.15, -0.1) is 0 Å². The van der Waals surface area contributed by atoms with Crippen molar-refractivity contribution in [1.29, 1.82) is 0 Å². The zero-order valence-electron chi connectivity index (χ0n) is 10.7. The Morgan fingerprint density at radius 2 is 1.60 bits per heavy atom. The first kappa shape index (κ1) is 13.5. The Kier molecular flexibility index (Phi) is 4.29. The van der Waals surface area contributed by atoms with E-state index in [0.717, 1.165) is 0 Å². The van der Waals surface area contributed by atoms with Gasteiger partial charge in [0, 0.05) is 23.2 Å². The van der Waals surface area contributed by atoms with Crippen molar-refractivity contribution >= 4 is 22.6 Å². The number of rotatable bonds is 1. The van der Waals surface area contributed by atoms with E-state index in [9.17, 15) is 9.90 Å². The van der Waals surface area contributed by atoms with Crippen molar-refractivity contribution < 1.29 is 14.9 Å². The number of H-pyrrole nitrogens is 1. The SMILES string of the molecule is Nc1ccc(C(=O)[O-])cc1.c1ccc2[nH+]cccc2c1. The molecule has 0 aliphatic carbocycles. The monoisotopic (exact) mass is 266 g/mol. The van der Waals surface area contributed by atoms with Crippen molar-refractivity contribution in [1.82, 2.24) is 0 Å². The summed E-state index contributed by atoms with van der Waals surface area (Å²) in [5.74, 6) is -1.18. The van der Waals surface area contributed by atoms with E-state index >= 15 is 0 Å². The van der Waals surface area contributed by atoms with E-state index in [0.29, 0.717) is 5.69 Å². The van der Waals surface area contributed by atoms with Gasteiger partial charge in [0.15, 0.2) is 6.20 Å². The number of nitrogens with two attached hydrogens (primary N) is 1. The molecule has 2 aromatic carbocycles. The molecule has 0 bridgehead atoms. The van der Waals surface area contributed by atoms with Crippen molar-refractivity contribution in [2.24, 2.45) is 0 Å². The number of carbonyl (C=O) groups is 1. The van der Waals surface area contributed by atoms with Crippen molar-refractivity contribution in [2.75, 3.05) is 5.73 Å². The van der Waals surface area contributed by atoms with E-state index in [1.165, 1.54) is 35.2 Å². The molecular formula is C16H14N2O2. The van der Waals surface area contributed by atoms with Crippen molar-refractivity contribution in [3.05, 3.63) is 72.4 Å².